The minimum Gasteiger partial charge on any atom is -0.381 e. The Labute approximate surface area is 168 Å². The van der Waals surface area contributed by atoms with Gasteiger partial charge in [-0.05, 0) is 45.8 Å². The maximum Gasteiger partial charge on any atom is 0.241 e. The Balaban J connectivity index is 0.00000169. The van der Waals surface area contributed by atoms with Gasteiger partial charge in [0.05, 0.1) is 6.20 Å². The molecule has 7 nitrogen and oxygen atoms in total. The van der Waals surface area contributed by atoms with Gasteiger partial charge in [0.1, 0.15) is 6.04 Å². The number of carbonyl (C=O) groups excluding carboxylic acids is 1. The van der Waals surface area contributed by atoms with E-state index in [0.29, 0.717) is 6.54 Å². The lowest BCUT2D eigenvalue weighted by atomic mass is 9.88. The van der Waals surface area contributed by atoms with Crippen LogP contribution in [-0.2, 0) is 16.6 Å². The number of aromatic nitrogens is 2. The monoisotopic (exact) mass is 407 g/mol. The summed E-state index contributed by atoms with van der Waals surface area (Å²) in [6, 6.07) is -0.367. The van der Waals surface area contributed by atoms with Crippen LogP contribution in [0.3, 0.4) is 0 Å². The number of hydrogen-bond donors (Lipinski definition) is 2. The van der Waals surface area contributed by atoms with E-state index >= 15 is 0 Å². The highest BCUT2D eigenvalue weighted by Crippen LogP contribution is 2.31. The van der Waals surface area contributed by atoms with Gasteiger partial charge >= 0.3 is 0 Å². The van der Waals surface area contributed by atoms with Crippen molar-refractivity contribution in [1.29, 1.82) is 0 Å². The lowest BCUT2D eigenvalue weighted by molar-refractivity contribution is -0.124. The van der Waals surface area contributed by atoms with Crippen LogP contribution in [0.25, 0.3) is 0 Å². The van der Waals surface area contributed by atoms with Gasteiger partial charge in [0.2, 0.25) is 5.91 Å². The average Bonchev–Trinajstić information content (AvgIpc) is 3.27. The van der Waals surface area contributed by atoms with Crippen molar-refractivity contribution in [2.75, 3.05) is 39.9 Å². The normalized spacial score (nSPS) is 20.7. The number of amides is 1. The second-order valence-electron chi connectivity index (χ2n) is 6.92. The first-order chi connectivity index (χ1) is 11.6. The molecule has 2 aliphatic rings. The molecular formula is C17H31Cl2N5O2. The van der Waals surface area contributed by atoms with E-state index in [1.165, 1.54) is 12.8 Å². The number of rotatable bonds is 6. The van der Waals surface area contributed by atoms with E-state index in [9.17, 15) is 4.79 Å². The van der Waals surface area contributed by atoms with E-state index < -0.39 is 0 Å². The van der Waals surface area contributed by atoms with Gasteiger partial charge in [0.15, 0.2) is 0 Å². The summed E-state index contributed by atoms with van der Waals surface area (Å²) in [5, 5.41) is 10.5. The van der Waals surface area contributed by atoms with Crippen LogP contribution >= 0.6 is 24.8 Å². The van der Waals surface area contributed by atoms with Crippen LogP contribution in [0.4, 0.5) is 0 Å². The lowest BCUT2D eigenvalue weighted by Crippen LogP contribution is -2.58. The van der Waals surface area contributed by atoms with Crippen molar-refractivity contribution in [3.63, 3.8) is 0 Å². The molecule has 150 valence electrons. The Bertz CT molecular complexity index is 557. The third kappa shape index (κ3) is 5.10. The molecule has 0 radical (unpaired) electrons. The van der Waals surface area contributed by atoms with Crippen molar-refractivity contribution in [2.24, 2.45) is 7.05 Å². The highest BCUT2D eigenvalue weighted by Gasteiger charge is 2.40. The third-order valence-corrected chi connectivity index (χ3v) is 5.40. The molecular weight excluding hydrogens is 377 g/mol. The highest BCUT2D eigenvalue weighted by molar-refractivity contribution is 5.85. The van der Waals surface area contributed by atoms with Gasteiger partial charge in [-0.25, -0.2) is 0 Å². The van der Waals surface area contributed by atoms with Crippen LogP contribution in [0.15, 0.2) is 12.4 Å². The van der Waals surface area contributed by atoms with Crippen molar-refractivity contribution >= 4 is 30.7 Å². The van der Waals surface area contributed by atoms with Crippen LogP contribution in [-0.4, -0.2) is 66.0 Å². The van der Waals surface area contributed by atoms with Crippen molar-refractivity contribution in [2.45, 2.75) is 37.3 Å². The number of nitrogens with zero attached hydrogens (tertiary/aromatic N) is 3. The second-order valence-corrected chi connectivity index (χ2v) is 6.92. The predicted molar refractivity (Wildman–Crippen MR) is 106 cm³/mol. The molecule has 0 saturated carbocycles. The van der Waals surface area contributed by atoms with Gasteiger partial charge in [-0.1, -0.05) is 0 Å². The molecule has 2 N–H and O–H groups in total. The Morgan fingerprint density at radius 3 is 2.50 bits per heavy atom. The number of halogens is 2. The first-order valence-corrected chi connectivity index (χ1v) is 8.91. The molecule has 1 amide bonds. The molecule has 9 heteroatoms. The summed E-state index contributed by atoms with van der Waals surface area (Å²) in [4.78, 5) is 15.3. The number of nitrogens with one attached hydrogen (secondary N) is 2. The predicted octanol–water partition coefficient (Wildman–Crippen LogP) is 1.29. The van der Waals surface area contributed by atoms with Crippen LogP contribution in [0.1, 0.15) is 37.3 Å². The molecule has 0 aromatic carbocycles. The van der Waals surface area contributed by atoms with Gasteiger partial charge in [-0.3, -0.25) is 14.4 Å². The molecule has 1 aromatic rings. The Kier molecular flexibility index (Phi) is 9.33. The molecule has 1 atom stereocenters. The van der Waals surface area contributed by atoms with Crippen LogP contribution in [0.2, 0.25) is 0 Å². The summed E-state index contributed by atoms with van der Waals surface area (Å²) in [6.45, 7) is 4.52. The molecule has 0 aliphatic carbocycles. The van der Waals surface area contributed by atoms with E-state index in [-0.39, 0.29) is 42.3 Å². The number of aryl methyl sites for hydroxylation is 1. The summed E-state index contributed by atoms with van der Waals surface area (Å²) in [5.74, 6) is 0.00978. The van der Waals surface area contributed by atoms with Crippen molar-refractivity contribution in [3.8, 4) is 0 Å². The minimum absolute atomic E-state index is 0. The van der Waals surface area contributed by atoms with Gasteiger partial charge in [-0.15, -0.1) is 24.8 Å². The van der Waals surface area contributed by atoms with E-state index in [2.05, 4.69) is 20.6 Å². The summed E-state index contributed by atoms with van der Waals surface area (Å²) >= 11 is 0. The molecule has 2 fully saturated rings. The van der Waals surface area contributed by atoms with Crippen molar-refractivity contribution < 1.29 is 9.53 Å². The molecule has 1 aromatic heterocycles. The zero-order valence-electron chi connectivity index (χ0n) is 15.6. The van der Waals surface area contributed by atoms with Gasteiger partial charge in [-0.2, -0.15) is 5.10 Å². The lowest BCUT2D eigenvalue weighted by Gasteiger charge is -2.44. The average molecular weight is 408 g/mol. The molecule has 1 unspecified atom stereocenters. The fraction of sp³-hybridized carbons (Fsp3) is 0.765. The number of hydrogen-bond acceptors (Lipinski definition) is 5. The van der Waals surface area contributed by atoms with Crippen LogP contribution < -0.4 is 10.6 Å². The van der Waals surface area contributed by atoms with Crippen LogP contribution in [0.5, 0.6) is 0 Å². The first kappa shape index (κ1) is 23.2. The number of ether oxygens (including phenoxy) is 1. The number of likely N-dealkylation sites (tertiary alicyclic amines) is 1. The molecule has 26 heavy (non-hydrogen) atoms. The summed E-state index contributed by atoms with van der Waals surface area (Å²) in [7, 11) is 3.67. The molecule has 3 heterocycles. The zero-order chi connectivity index (χ0) is 17.0. The fourth-order valence-corrected chi connectivity index (χ4v) is 3.94. The third-order valence-electron chi connectivity index (χ3n) is 5.40. The maximum atomic E-state index is 12.7. The SMILES string of the molecule is CNC(C(=O)NCC1(N2CCCC2)CCOCC1)c1cnn(C)c1.Cl.Cl. The molecule has 3 rings (SSSR count). The second kappa shape index (κ2) is 10.5. The molecule has 0 bridgehead atoms. The largest absolute Gasteiger partial charge is 0.381 e. The minimum atomic E-state index is -0.367. The smallest absolute Gasteiger partial charge is 0.241 e. The summed E-state index contributed by atoms with van der Waals surface area (Å²) in [5.41, 5.74) is 0.942. The zero-order valence-corrected chi connectivity index (χ0v) is 17.2. The van der Waals surface area contributed by atoms with E-state index in [1.54, 1.807) is 10.9 Å². The number of carbonyl (C=O) groups is 1. The van der Waals surface area contributed by atoms with Crippen molar-refractivity contribution in [3.05, 3.63) is 18.0 Å². The summed E-state index contributed by atoms with van der Waals surface area (Å²) < 4.78 is 7.29. The highest BCUT2D eigenvalue weighted by atomic mass is 35.5. The van der Waals surface area contributed by atoms with Gasteiger partial charge in [0.25, 0.3) is 0 Å². The van der Waals surface area contributed by atoms with Gasteiger partial charge < -0.3 is 15.4 Å². The fourth-order valence-electron chi connectivity index (χ4n) is 3.94. The van der Waals surface area contributed by atoms with Gasteiger partial charge in [0, 0.05) is 44.1 Å². The quantitative estimate of drug-likeness (QED) is 0.742. The number of likely N-dealkylation sites (N-methyl/N-ethyl adjacent to an activating group) is 1. The Morgan fingerprint density at radius 2 is 1.96 bits per heavy atom. The maximum absolute atomic E-state index is 12.7. The molecule has 2 saturated heterocycles. The Morgan fingerprint density at radius 1 is 1.31 bits per heavy atom. The van der Waals surface area contributed by atoms with E-state index in [0.717, 1.165) is 44.7 Å². The van der Waals surface area contributed by atoms with E-state index in [4.69, 9.17) is 4.74 Å². The molecule has 0 spiro atoms. The first-order valence-electron chi connectivity index (χ1n) is 8.91. The topological polar surface area (TPSA) is 71.4 Å². The van der Waals surface area contributed by atoms with Crippen molar-refractivity contribution in [1.82, 2.24) is 25.3 Å². The Hall–Kier alpha value is -0.860. The standard InChI is InChI=1S/C17H29N5O2.2ClH/c1-18-15(14-11-20-21(2)12-14)16(23)19-13-17(5-9-24-10-6-17)22-7-3-4-8-22;;/h11-12,15,18H,3-10,13H2,1-2H3,(H,19,23);2*1H. The molecule has 2 aliphatic heterocycles. The van der Waals surface area contributed by atoms with Crippen LogP contribution in [0, 0.1) is 0 Å². The van der Waals surface area contributed by atoms with E-state index in [1.807, 2.05) is 20.3 Å². The summed E-state index contributed by atoms with van der Waals surface area (Å²) in [6.07, 6.45) is 8.11.